The highest BCUT2D eigenvalue weighted by Crippen LogP contribution is 2.26. The molecule has 0 aliphatic carbocycles. The Hall–Kier alpha value is -2.95. The number of thioether (sulfide) groups is 1. The number of hydrogen-bond acceptors (Lipinski definition) is 7. The van der Waals surface area contributed by atoms with Crippen molar-refractivity contribution in [2.24, 2.45) is 0 Å². The molecule has 0 saturated heterocycles. The highest BCUT2D eigenvalue weighted by Gasteiger charge is 2.23. The molecule has 174 valence electrons. The van der Waals surface area contributed by atoms with Gasteiger partial charge in [0.1, 0.15) is 11.5 Å². The molecule has 2 unspecified atom stereocenters. The van der Waals surface area contributed by atoms with E-state index in [1.54, 1.807) is 37.2 Å². The Bertz CT molecular complexity index is 1130. The lowest BCUT2D eigenvalue weighted by Crippen LogP contribution is -2.32. The first-order chi connectivity index (χ1) is 16.0. The van der Waals surface area contributed by atoms with E-state index in [-0.39, 0.29) is 6.04 Å². The van der Waals surface area contributed by atoms with Crippen LogP contribution in [0, 0.1) is 0 Å². The minimum atomic E-state index is -2.09. The van der Waals surface area contributed by atoms with Crippen LogP contribution in [-0.2, 0) is 24.1 Å². The maximum atomic E-state index is 10.9. The number of oxazole rings is 1. The number of ether oxygens (including phenoxy) is 1. The van der Waals surface area contributed by atoms with Crippen molar-refractivity contribution in [3.63, 3.8) is 0 Å². The Morgan fingerprint density at radius 3 is 2.79 bits per heavy atom. The number of nitrogens with one attached hydrogen (secondary N) is 3. The summed E-state index contributed by atoms with van der Waals surface area (Å²) in [5.74, 6) is 1.57. The number of aromatic nitrogens is 1. The lowest BCUT2D eigenvalue weighted by molar-refractivity contribution is 0.414. The first-order valence-corrected chi connectivity index (χ1v) is 12.5. The van der Waals surface area contributed by atoms with Crippen molar-refractivity contribution < 1.29 is 17.9 Å². The number of anilines is 2. The van der Waals surface area contributed by atoms with Crippen LogP contribution < -0.4 is 20.1 Å². The van der Waals surface area contributed by atoms with E-state index in [1.165, 1.54) is 0 Å². The van der Waals surface area contributed by atoms with Crippen molar-refractivity contribution in [2.45, 2.75) is 31.2 Å². The van der Waals surface area contributed by atoms with Crippen LogP contribution in [0.5, 0.6) is 5.75 Å². The van der Waals surface area contributed by atoms with E-state index in [2.05, 4.69) is 32.7 Å². The third-order valence-electron chi connectivity index (χ3n) is 5.11. The normalized spacial score (nSPS) is 17.1. The standard InChI is InChI=1S/C23H26N4O4S2/c1-15-25-22(14-32-15)21(12-16-6-8-18(9-7-16)27-33(28)29)26-23-24-13-20(31-23)11-17-4-3-5-19(10-17)30-2/h3-10,13-15,21,25,27H,11-12H2,1-2H3,(H,24,26)(H,28,29)/t15?,21-/m0/s1. The quantitative estimate of drug-likeness (QED) is 0.313. The summed E-state index contributed by atoms with van der Waals surface area (Å²) < 4.78 is 33.7. The van der Waals surface area contributed by atoms with Crippen LogP contribution in [0.1, 0.15) is 23.8 Å². The average Bonchev–Trinajstić information content (AvgIpc) is 3.43. The van der Waals surface area contributed by atoms with Gasteiger partial charge in [-0.1, -0.05) is 24.3 Å². The van der Waals surface area contributed by atoms with Crippen LogP contribution >= 0.6 is 11.8 Å². The van der Waals surface area contributed by atoms with Gasteiger partial charge in [-0.05, 0) is 54.1 Å². The highest BCUT2D eigenvalue weighted by atomic mass is 32.2. The lowest BCUT2D eigenvalue weighted by atomic mass is 10.0. The Balaban J connectivity index is 1.46. The maximum Gasteiger partial charge on any atom is 0.295 e. The van der Waals surface area contributed by atoms with Gasteiger partial charge in [0.2, 0.25) is 0 Å². The number of methoxy groups -OCH3 is 1. The molecule has 2 aromatic carbocycles. The van der Waals surface area contributed by atoms with Gasteiger partial charge >= 0.3 is 0 Å². The van der Waals surface area contributed by atoms with Gasteiger partial charge in [-0.25, -0.2) is 9.19 Å². The Morgan fingerprint density at radius 1 is 1.27 bits per heavy atom. The topological polar surface area (TPSA) is 109 Å². The van der Waals surface area contributed by atoms with Gasteiger partial charge in [-0.2, -0.15) is 0 Å². The molecule has 1 aromatic heterocycles. The zero-order chi connectivity index (χ0) is 23.2. The van der Waals surface area contributed by atoms with Crippen LogP contribution in [0.25, 0.3) is 0 Å². The third-order valence-corrected chi connectivity index (χ3v) is 6.43. The average molecular weight is 487 g/mol. The molecule has 4 rings (SSSR count). The molecule has 0 amide bonds. The summed E-state index contributed by atoms with van der Waals surface area (Å²) in [6, 6.07) is 15.7. The molecule has 1 aliphatic heterocycles. The predicted octanol–water partition coefficient (Wildman–Crippen LogP) is 4.37. The van der Waals surface area contributed by atoms with Crippen molar-refractivity contribution in [3.8, 4) is 5.75 Å². The van der Waals surface area contributed by atoms with Crippen LogP contribution in [0.15, 0.2) is 70.3 Å². The summed E-state index contributed by atoms with van der Waals surface area (Å²) >= 11 is -0.366. The molecule has 33 heavy (non-hydrogen) atoms. The molecule has 10 heteroatoms. The molecule has 2 heterocycles. The molecular formula is C23H26N4O4S2. The maximum absolute atomic E-state index is 10.9. The van der Waals surface area contributed by atoms with E-state index in [4.69, 9.17) is 13.7 Å². The van der Waals surface area contributed by atoms with Gasteiger partial charge in [0, 0.05) is 17.8 Å². The van der Waals surface area contributed by atoms with E-state index in [0.717, 1.165) is 28.3 Å². The van der Waals surface area contributed by atoms with Crippen molar-refractivity contribution >= 4 is 34.7 Å². The van der Waals surface area contributed by atoms with Crippen molar-refractivity contribution in [1.29, 1.82) is 0 Å². The largest absolute Gasteiger partial charge is 0.497 e. The van der Waals surface area contributed by atoms with Crippen LogP contribution in [-0.4, -0.2) is 32.3 Å². The van der Waals surface area contributed by atoms with Crippen LogP contribution in [0.4, 0.5) is 11.7 Å². The second kappa shape index (κ2) is 10.8. The molecule has 8 nitrogen and oxygen atoms in total. The van der Waals surface area contributed by atoms with Gasteiger partial charge < -0.3 is 19.8 Å². The van der Waals surface area contributed by atoms with E-state index >= 15 is 0 Å². The van der Waals surface area contributed by atoms with Crippen LogP contribution in [0.2, 0.25) is 0 Å². The highest BCUT2D eigenvalue weighted by molar-refractivity contribution is 8.02. The fourth-order valence-electron chi connectivity index (χ4n) is 3.53. The predicted molar refractivity (Wildman–Crippen MR) is 133 cm³/mol. The minimum absolute atomic E-state index is 0.0726. The second-order valence-electron chi connectivity index (χ2n) is 7.61. The minimum Gasteiger partial charge on any atom is -0.497 e. The van der Waals surface area contributed by atoms with E-state index in [1.807, 2.05) is 36.4 Å². The molecular weight excluding hydrogens is 460 g/mol. The Morgan fingerprint density at radius 2 is 2.09 bits per heavy atom. The summed E-state index contributed by atoms with van der Waals surface area (Å²) in [5.41, 5.74) is 3.80. The second-order valence-corrected chi connectivity index (χ2v) is 9.52. The molecule has 4 N–H and O–H groups in total. The lowest BCUT2D eigenvalue weighted by Gasteiger charge is -2.21. The zero-order valence-electron chi connectivity index (χ0n) is 18.3. The molecule has 3 aromatic rings. The van der Waals surface area contributed by atoms with Crippen molar-refractivity contribution in [2.75, 3.05) is 17.1 Å². The van der Waals surface area contributed by atoms with Gasteiger partial charge in [0.25, 0.3) is 17.3 Å². The van der Waals surface area contributed by atoms with Crippen molar-refractivity contribution in [1.82, 2.24) is 10.3 Å². The fraction of sp³-hybridized carbons (Fsp3) is 0.261. The summed E-state index contributed by atoms with van der Waals surface area (Å²) in [6.45, 7) is 2.11. The smallest absolute Gasteiger partial charge is 0.295 e. The van der Waals surface area contributed by atoms with Gasteiger partial charge in [-0.15, -0.1) is 11.8 Å². The first-order valence-electron chi connectivity index (χ1n) is 10.4. The summed E-state index contributed by atoms with van der Waals surface area (Å²) in [7, 11) is 1.65. The van der Waals surface area contributed by atoms with Crippen molar-refractivity contribution in [3.05, 3.63) is 82.7 Å². The van der Waals surface area contributed by atoms with Gasteiger partial charge in [0.05, 0.1) is 24.7 Å². The van der Waals surface area contributed by atoms with Crippen LogP contribution in [0.3, 0.4) is 0 Å². The molecule has 0 radical (unpaired) electrons. The monoisotopic (exact) mass is 486 g/mol. The molecule has 3 atom stereocenters. The molecule has 0 bridgehead atoms. The van der Waals surface area contributed by atoms with Gasteiger partial charge in [-0.3, -0.25) is 9.27 Å². The molecule has 0 spiro atoms. The fourth-order valence-corrected chi connectivity index (χ4v) is 4.66. The SMILES string of the molecule is COc1cccc(Cc2cnc(N[C@@H](Cc3ccc(NS(=O)O)cc3)C3=CSC(C)N3)o2)c1. The molecule has 1 aliphatic rings. The number of nitrogens with zero attached hydrogens (tertiary/aromatic N) is 1. The molecule has 0 fully saturated rings. The Kier molecular flexibility index (Phi) is 7.58. The number of benzene rings is 2. The summed E-state index contributed by atoms with van der Waals surface area (Å²) in [5, 5.41) is 9.31. The summed E-state index contributed by atoms with van der Waals surface area (Å²) in [4.78, 5) is 4.43. The summed E-state index contributed by atoms with van der Waals surface area (Å²) in [6.07, 6.45) is 3.04. The molecule has 0 saturated carbocycles. The Labute approximate surface area is 199 Å². The third kappa shape index (κ3) is 6.53. The van der Waals surface area contributed by atoms with E-state index in [0.29, 0.717) is 29.9 Å². The van der Waals surface area contributed by atoms with E-state index < -0.39 is 11.3 Å². The first kappa shape index (κ1) is 23.2. The zero-order valence-corrected chi connectivity index (χ0v) is 19.9. The van der Waals surface area contributed by atoms with E-state index in [9.17, 15) is 4.21 Å². The number of hydrogen-bond donors (Lipinski definition) is 4. The van der Waals surface area contributed by atoms with Gasteiger partial charge in [0.15, 0.2) is 0 Å². The number of rotatable bonds is 10.